The summed E-state index contributed by atoms with van der Waals surface area (Å²) in [7, 11) is 0. The Labute approximate surface area is 185 Å². The van der Waals surface area contributed by atoms with Gasteiger partial charge in [-0.15, -0.1) is 11.8 Å². The second-order valence-corrected chi connectivity index (χ2v) is 9.04. The van der Waals surface area contributed by atoms with Crippen LogP contribution in [0.4, 0.5) is 5.13 Å². The molecule has 4 nitrogen and oxygen atoms in total. The van der Waals surface area contributed by atoms with Crippen LogP contribution in [0.3, 0.4) is 0 Å². The average Bonchev–Trinajstić information content (AvgIpc) is 3.21. The van der Waals surface area contributed by atoms with Crippen molar-refractivity contribution in [1.82, 2.24) is 9.97 Å². The Morgan fingerprint density at radius 3 is 2.67 bits per heavy atom. The van der Waals surface area contributed by atoms with Gasteiger partial charge < -0.3 is 0 Å². The van der Waals surface area contributed by atoms with Gasteiger partial charge in [0.1, 0.15) is 0 Å². The molecule has 4 aromatic rings. The Kier molecular flexibility index (Phi) is 6.77. The van der Waals surface area contributed by atoms with Crippen molar-refractivity contribution in [3.05, 3.63) is 84.2 Å². The second-order valence-electron chi connectivity index (χ2n) is 6.86. The zero-order chi connectivity index (χ0) is 20.8. The highest BCUT2D eigenvalue weighted by atomic mass is 32.2. The number of thiazole rings is 1. The van der Waals surface area contributed by atoms with Gasteiger partial charge in [0.05, 0.1) is 22.5 Å². The van der Waals surface area contributed by atoms with E-state index in [0.717, 1.165) is 33.2 Å². The first-order valence-corrected chi connectivity index (χ1v) is 11.8. The predicted octanol–water partition coefficient (Wildman–Crippen LogP) is 5.97. The molecule has 0 N–H and O–H groups in total. The highest BCUT2D eigenvalue weighted by molar-refractivity contribution is 7.99. The molecule has 0 fully saturated rings. The fourth-order valence-corrected chi connectivity index (χ4v) is 5.02. The Balaban J connectivity index is 1.55. The van der Waals surface area contributed by atoms with Gasteiger partial charge in [-0.05, 0) is 48.4 Å². The van der Waals surface area contributed by atoms with Crippen molar-refractivity contribution < 1.29 is 4.79 Å². The fourth-order valence-electron chi connectivity index (χ4n) is 3.12. The number of anilines is 1. The van der Waals surface area contributed by atoms with Crippen LogP contribution in [0.25, 0.3) is 10.2 Å². The molecule has 1 amide bonds. The van der Waals surface area contributed by atoms with Gasteiger partial charge >= 0.3 is 0 Å². The zero-order valence-corrected chi connectivity index (χ0v) is 18.5. The molecule has 0 saturated heterocycles. The highest BCUT2D eigenvalue weighted by Crippen LogP contribution is 2.31. The van der Waals surface area contributed by atoms with Gasteiger partial charge in [0.15, 0.2) is 5.13 Å². The van der Waals surface area contributed by atoms with E-state index in [9.17, 15) is 4.79 Å². The van der Waals surface area contributed by atoms with Crippen LogP contribution >= 0.6 is 23.1 Å². The number of aryl methyl sites for hydroxylation is 1. The molecule has 0 bridgehead atoms. The Morgan fingerprint density at radius 1 is 1.07 bits per heavy atom. The van der Waals surface area contributed by atoms with E-state index in [1.165, 1.54) is 10.5 Å². The number of nitrogens with zero attached hydrogens (tertiary/aromatic N) is 3. The summed E-state index contributed by atoms with van der Waals surface area (Å²) in [5.74, 6) is 0.797. The molecular weight excluding hydrogens is 410 g/mol. The lowest BCUT2D eigenvalue weighted by atomic mass is 10.2. The monoisotopic (exact) mass is 433 g/mol. The van der Waals surface area contributed by atoms with Crippen molar-refractivity contribution in [2.45, 2.75) is 31.2 Å². The maximum atomic E-state index is 13.2. The molecule has 0 atom stereocenters. The third-order valence-corrected chi connectivity index (χ3v) is 6.81. The third-order valence-electron chi connectivity index (χ3n) is 4.76. The minimum absolute atomic E-state index is 0.0684. The number of carbonyl (C=O) groups is 1. The van der Waals surface area contributed by atoms with Gasteiger partial charge in [-0.3, -0.25) is 14.7 Å². The Bertz CT molecular complexity index is 1110. The molecule has 152 valence electrons. The molecule has 0 unspecified atom stereocenters. The molecule has 0 aliphatic carbocycles. The Morgan fingerprint density at radius 2 is 1.90 bits per heavy atom. The van der Waals surface area contributed by atoms with Crippen molar-refractivity contribution in [2.24, 2.45) is 0 Å². The van der Waals surface area contributed by atoms with E-state index < -0.39 is 0 Å². The standard InChI is InChI=1S/C24H23N3OS2/c1-2-18-11-12-21-22(16-18)30-24(26-21)27(17-19-8-6-7-14-25-19)23(28)13-15-29-20-9-4-3-5-10-20/h3-12,14,16H,2,13,15,17H2,1H3. The maximum absolute atomic E-state index is 13.2. The summed E-state index contributed by atoms with van der Waals surface area (Å²) < 4.78 is 1.11. The number of fused-ring (bicyclic) bond motifs is 1. The van der Waals surface area contributed by atoms with Crippen LogP contribution in [0.2, 0.25) is 0 Å². The lowest BCUT2D eigenvalue weighted by Gasteiger charge is -2.19. The van der Waals surface area contributed by atoms with Crippen LogP contribution in [-0.2, 0) is 17.8 Å². The number of thioether (sulfide) groups is 1. The van der Waals surface area contributed by atoms with Gasteiger partial charge in [0.2, 0.25) is 5.91 Å². The van der Waals surface area contributed by atoms with Gasteiger partial charge in [0, 0.05) is 23.3 Å². The summed E-state index contributed by atoms with van der Waals surface area (Å²) >= 11 is 3.27. The van der Waals surface area contributed by atoms with Crippen molar-refractivity contribution in [3.8, 4) is 0 Å². The molecule has 0 aliphatic rings. The first kappa shape index (κ1) is 20.6. The molecule has 6 heteroatoms. The topological polar surface area (TPSA) is 46.1 Å². The number of carbonyl (C=O) groups excluding carboxylic acids is 1. The molecule has 0 aliphatic heterocycles. The van der Waals surface area contributed by atoms with Crippen molar-refractivity contribution in [1.29, 1.82) is 0 Å². The Hall–Kier alpha value is -2.70. The summed E-state index contributed by atoms with van der Waals surface area (Å²) in [6.07, 6.45) is 3.19. The number of pyridine rings is 1. The van der Waals surface area contributed by atoms with Crippen LogP contribution in [0, 0.1) is 0 Å². The predicted molar refractivity (Wildman–Crippen MR) is 126 cm³/mol. The van der Waals surface area contributed by atoms with E-state index in [0.29, 0.717) is 13.0 Å². The summed E-state index contributed by atoms with van der Waals surface area (Å²) in [5.41, 5.74) is 3.07. The smallest absolute Gasteiger partial charge is 0.229 e. The molecule has 0 saturated carbocycles. The number of amides is 1. The van der Waals surface area contributed by atoms with Crippen LogP contribution in [0.15, 0.2) is 77.8 Å². The van der Waals surface area contributed by atoms with Crippen LogP contribution in [0.1, 0.15) is 24.6 Å². The quantitative estimate of drug-likeness (QED) is 0.321. The third kappa shape index (κ3) is 5.07. The van der Waals surface area contributed by atoms with Gasteiger partial charge in [-0.1, -0.05) is 48.6 Å². The van der Waals surface area contributed by atoms with E-state index in [2.05, 4.69) is 36.2 Å². The normalized spacial score (nSPS) is 11.0. The summed E-state index contributed by atoms with van der Waals surface area (Å²) in [6.45, 7) is 2.57. The molecule has 2 heterocycles. The molecule has 0 radical (unpaired) electrons. The molecular formula is C24H23N3OS2. The first-order chi connectivity index (χ1) is 14.7. The summed E-state index contributed by atoms with van der Waals surface area (Å²) in [5, 5.41) is 0.735. The first-order valence-electron chi connectivity index (χ1n) is 10.0. The van der Waals surface area contributed by atoms with Gasteiger partial charge in [-0.2, -0.15) is 0 Å². The second kappa shape index (κ2) is 9.87. The molecule has 4 rings (SSSR count). The number of aromatic nitrogens is 2. The highest BCUT2D eigenvalue weighted by Gasteiger charge is 2.20. The lowest BCUT2D eigenvalue weighted by molar-refractivity contribution is -0.118. The van der Waals surface area contributed by atoms with E-state index in [1.54, 1.807) is 34.2 Å². The number of rotatable bonds is 8. The number of hydrogen-bond acceptors (Lipinski definition) is 5. The van der Waals surface area contributed by atoms with E-state index in [-0.39, 0.29) is 5.91 Å². The fraction of sp³-hybridized carbons (Fsp3) is 0.208. The van der Waals surface area contributed by atoms with Crippen LogP contribution < -0.4 is 4.90 Å². The van der Waals surface area contributed by atoms with Crippen molar-refractivity contribution in [3.63, 3.8) is 0 Å². The van der Waals surface area contributed by atoms with E-state index in [4.69, 9.17) is 4.98 Å². The summed E-state index contributed by atoms with van der Waals surface area (Å²) in [4.78, 5) is 25.3. The van der Waals surface area contributed by atoms with Gasteiger partial charge in [-0.25, -0.2) is 4.98 Å². The van der Waals surface area contributed by atoms with E-state index >= 15 is 0 Å². The van der Waals surface area contributed by atoms with E-state index in [1.807, 2.05) is 42.5 Å². The van der Waals surface area contributed by atoms with Crippen LogP contribution in [0.5, 0.6) is 0 Å². The zero-order valence-electron chi connectivity index (χ0n) is 16.8. The van der Waals surface area contributed by atoms with Crippen molar-refractivity contribution >= 4 is 44.4 Å². The average molecular weight is 434 g/mol. The maximum Gasteiger partial charge on any atom is 0.229 e. The number of hydrogen-bond donors (Lipinski definition) is 0. The lowest BCUT2D eigenvalue weighted by Crippen LogP contribution is -2.30. The molecule has 2 aromatic heterocycles. The van der Waals surface area contributed by atoms with Crippen LogP contribution in [-0.4, -0.2) is 21.6 Å². The molecule has 2 aromatic carbocycles. The van der Waals surface area contributed by atoms with Crippen molar-refractivity contribution in [2.75, 3.05) is 10.7 Å². The summed E-state index contributed by atoms with van der Waals surface area (Å²) in [6, 6.07) is 22.3. The largest absolute Gasteiger partial charge is 0.282 e. The number of benzene rings is 2. The molecule has 0 spiro atoms. The minimum atomic E-state index is 0.0684. The molecule has 30 heavy (non-hydrogen) atoms. The SMILES string of the molecule is CCc1ccc2nc(N(Cc3ccccn3)C(=O)CCSc3ccccc3)sc2c1. The minimum Gasteiger partial charge on any atom is -0.282 e. The van der Waals surface area contributed by atoms with Gasteiger partial charge in [0.25, 0.3) is 0 Å².